The maximum Gasteiger partial charge on any atom is 0.341 e. The van der Waals surface area contributed by atoms with Crippen molar-refractivity contribution in [2.75, 3.05) is 6.54 Å². The number of fused-ring (bicyclic) bond motifs is 2. The van der Waals surface area contributed by atoms with E-state index in [1.807, 2.05) is 6.07 Å². The quantitative estimate of drug-likeness (QED) is 0.526. The fourth-order valence-corrected chi connectivity index (χ4v) is 4.98. The standard InChI is InChI=1S/C25H29ClFNO3/c1-15(17-8-6-5-7-9-17)28-14-16-10-21(28)23(11-16)30-22-13-20(27)18(12-19(22)26)24(29)31-25(2,3)4/h5-9,12-13,15-16,21,23H,10-11,14H2,1-4H3/t15-,16+,21-,23+/m0/s1. The average Bonchev–Trinajstić information content (AvgIpc) is 3.29. The molecule has 1 heterocycles. The minimum Gasteiger partial charge on any atom is -0.487 e. The number of piperidine rings is 1. The summed E-state index contributed by atoms with van der Waals surface area (Å²) in [5.74, 6) is -0.588. The molecule has 6 heteroatoms. The first-order valence-corrected chi connectivity index (χ1v) is 11.2. The number of rotatable bonds is 5. The molecule has 166 valence electrons. The highest BCUT2D eigenvalue weighted by molar-refractivity contribution is 6.32. The van der Waals surface area contributed by atoms with E-state index in [-0.39, 0.29) is 34.5 Å². The number of benzene rings is 2. The van der Waals surface area contributed by atoms with E-state index in [4.69, 9.17) is 21.1 Å². The molecule has 1 saturated heterocycles. The maximum absolute atomic E-state index is 14.7. The van der Waals surface area contributed by atoms with Gasteiger partial charge in [-0.1, -0.05) is 41.9 Å². The van der Waals surface area contributed by atoms with Crippen LogP contribution in [-0.2, 0) is 4.74 Å². The van der Waals surface area contributed by atoms with E-state index >= 15 is 0 Å². The molecule has 2 bridgehead atoms. The minimum atomic E-state index is -0.735. The second kappa shape index (κ2) is 8.44. The van der Waals surface area contributed by atoms with Crippen LogP contribution >= 0.6 is 11.6 Å². The first kappa shape index (κ1) is 22.1. The van der Waals surface area contributed by atoms with Crippen LogP contribution in [0.4, 0.5) is 4.39 Å². The fourth-order valence-electron chi connectivity index (χ4n) is 4.77. The predicted molar refractivity (Wildman–Crippen MR) is 119 cm³/mol. The summed E-state index contributed by atoms with van der Waals surface area (Å²) >= 11 is 6.38. The molecular weight excluding hydrogens is 417 g/mol. The predicted octanol–water partition coefficient (Wildman–Crippen LogP) is 6.04. The highest BCUT2D eigenvalue weighted by atomic mass is 35.5. The van der Waals surface area contributed by atoms with Crippen LogP contribution in [0.25, 0.3) is 0 Å². The molecule has 4 atom stereocenters. The minimum absolute atomic E-state index is 0.0609. The SMILES string of the molecule is C[C@@H](c1ccccc1)N1C[C@H]2C[C@@H](Oc3cc(F)c(C(=O)OC(C)(C)C)cc3Cl)[C@@H]1C2. The van der Waals surface area contributed by atoms with E-state index < -0.39 is 17.4 Å². The van der Waals surface area contributed by atoms with Gasteiger partial charge in [0.15, 0.2) is 0 Å². The molecule has 1 aliphatic heterocycles. The van der Waals surface area contributed by atoms with Gasteiger partial charge in [-0.2, -0.15) is 0 Å². The molecule has 4 nitrogen and oxygen atoms in total. The van der Waals surface area contributed by atoms with Crippen molar-refractivity contribution < 1.29 is 18.7 Å². The van der Waals surface area contributed by atoms with Crippen LogP contribution in [0.5, 0.6) is 5.75 Å². The third-order valence-electron chi connectivity index (χ3n) is 6.16. The summed E-state index contributed by atoms with van der Waals surface area (Å²) in [6, 6.07) is 13.5. The largest absolute Gasteiger partial charge is 0.487 e. The Labute approximate surface area is 188 Å². The van der Waals surface area contributed by atoms with Crippen LogP contribution < -0.4 is 4.74 Å². The molecule has 0 unspecified atom stereocenters. The van der Waals surface area contributed by atoms with Crippen LogP contribution in [0, 0.1) is 11.7 Å². The number of ether oxygens (including phenoxy) is 2. The third-order valence-corrected chi connectivity index (χ3v) is 6.46. The molecule has 2 fully saturated rings. The molecule has 1 aliphatic carbocycles. The fraction of sp³-hybridized carbons (Fsp3) is 0.480. The summed E-state index contributed by atoms with van der Waals surface area (Å²) in [4.78, 5) is 14.8. The Kier molecular flexibility index (Phi) is 6.01. The number of hydrogen-bond acceptors (Lipinski definition) is 4. The van der Waals surface area contributed by atoms with E-state index in [0.717, 1.165) is 19.4 Å². The van der Waals surface area contributed by atoms with Crippen molar-refractivity contribution in [1.29, 1.82) is 0 Å². The zero-order chi connectivity index (χ0) is 22.3. The first-order valence-electron chi connectivity index (χ1n) is 10.8. The van der Waals surface area contributed by atoms with Gasteiger partial charge in [0.1, 0.15) is 23.3 Å². The molecule has 2 aromatic rings. The Morgan fingerprint density at radius 3 is 2.55 bits per heavy atom. The monoisotopic (exact) mass is 445 g/mol. The van der Waals surface area contributed by atoms with Crippen molar-refractivity contribution >= 4 is 17.6 Å². The number of esters is 1. The molecule has 0 N–H and O–H groups in total. The van der Waals surface area contributed by atoms with Gasteiger partial charge < -0.3 is 9.47 Å². The Morgan fingerprint density at radius 1 is 1.19 bits per heavy atom. The summed E-state index contributed by atoms with van der Waals surface area (Å²) in [6.07, 6.45) is 1.93. The van der Waals surface area contributed by atoms with E-state index in [0.29, 0.717) is 5.92 Å². The van der Waals surface area contributed by atoms with Crippen molar-refractivity contribution in [2.45, 2.75) is 64.3 Å². The van der Waals surface area contributed by atoms with Crippen molar-refractivity contribution in [3.63, 3.8) is 0 Å². The lowest BCUT2D eigenvalue weighted by atomic mass is 10.0. The number of hydrogen-bond donors (Lipinski definition) is 0. The Morgan fingerprint density at radius 2 is 1.90 bits per heavy atom. The molecular formula is C25H29ClFNO3. The lowest BCUT2D eigenvalue weighted by Crippen LogP contribution is -2.45. The Balaban J connectivity index is 1.49. The molecule has 4 rings (SSSR count). The zero-order valence-corrected chi connectivity index (χ0v) is 19.2. The molecule has 31 heavy (non-hydrogen) atoms. The first-order chi connectivity index (χ1) is 14.6. The molecule has 2 aromatic carbocycles. The molecule has 0 spiro atoms. The van der Waals surface area contributed by atoms with Crippen LogP contribution in [0.2, 0.25) is 5.02 Å². The maximum atomic E-state index is 14.7. The summed E-state index contributed by atoms with van der Waals surface area (Å²) < 4.78 is 26.2. The second-order valence-corrected chi connectivity index (χ2v) is 10.0. The van der Waals surface area contributed by atoms with E-state index in [1.165, 1.54) is 17.7 Å². The third kappa shape index (κ3) is 4.73. The topological polar surface area (TPSA) is 38.8 Å². The van der Waals surface area contributed by atoms with Gasteiger partial charge in [-0.05, 0) is 58.1 Å². The molecule has 0 aromatic heterocycles. The smallest absolute Gasteiger partial charge is 0.341 e. The van der Waals surface area contributed by atoms with Gasteiger partial charge in [0.2, 0.25) is 0 Å². The van der Waals surface area contributed by atoms with Crippen molar-refractivity contribution in [3.05, 3.63) is 64.4 Å². The summed E-state index contributed by atoms with van der Waals surface area (Å²) in [5.41, 5.74) is 0.381. The Hall–Kier alpha value is -2.11. The zero-order valence-electron chi connectivity index (χ0n) is 18.4. The molecule has 2 aliphatic rings. The lowest BCUT2D eigenvalue weighted by molar-refractivity contribution is 0.00645. The van der Waals surface area contributed by atoms with Gasteiger partial charge >= 0.3 is 5.97 Å². The van der Waals surface area contributed by atoms with Crippen LogP contribution in [0.3, 0.4) is 0 Å². The summed E-state index contributed by atoms with van der Waals surface area (Å²) in [5, 5.41) is 0.215. The summed E-state index contributed by atoms with van der Waals surface area (Å²) in [6.45, 7) is 8.47. The van der Waals surface area contributed by atoms with Gasteiger partial charge in [0.25, 0.3) is 0 Å². The van der Waals surface area contributed by atoms with Gasteiger partial charge in [-0.25, -0.2) is 9.18 Å². The summed E-state index contributed by atoms with van der Waals surface area (Å²) in [7, 11) is 0. The number of halogens is 2. The highest BCUT2D eigenvalue weighted by Crippen LogP contribution is 2.44. The van der Waals surface area contributed by atoms with E-state index in [1.54, 1.807) is 20.8 Å². The van der Waals surface area contributed by atoms with Gasteiger partial charge in [-0.15, -0.1) is 0 Å². The van der Waals surface area contributed by atoms with Crippen molar-refractivity contribution in [2.24, 2.45) is 5.92 Å². The van der Waals surface area contributed by atoms with Crippen molar-refractivity contribution in [1.82, 2.24) is 4.90 Å². The van der Waals surface area contributed by atoms with E-state index in [9.17, 15) is 9.18 Å². The molecule has 0 amide bonds. The van der Waals surface area contributed by atoms with Gasteiger partial charge in [0, 0.05) is 24.7 Å². The number of carbonyl (C=O) groups is 1. The average molecular weight is 446 g/mol. The van der Waals surface area contributed by atoms with E-state index in [2.05, 4.69) is 36.1 Å². The lowest BCUT2D eigenvalue weighted by Gasteiger charge is -2.37. The van der Waals surface area contributed by atoms with Gasteiger partial charge in [-0.3, -0.25) is 4.90 Å². The number of carbonyl (C=O) groups excluding carboxylic acids is 1. The highest BCUT2D eigenvalue weighted by Gasteiger charge is 2.48. The van der Waals surface area contributed by atoms with Crippen LogP contribution in [-0.4, -0.2) is 35.2 Å². The van der Waals surface area contributed by atoms with Gasteiger partial charge in [0.05, 0.1) is 10.6 Å². The second-order valence-electron chi connectivity index (χ2n) is 9.61. The normalized spacial score (nSPS) is 24.3. The molecule has 1 saturated carbocycles. The van der Waals surface area contributed by atoms with Crippen LogP contribution in [0.15, 0.2) is 42.5 Å². The van der Waals surface area contributed by atoms with Crippen molar-refractivity contribution in [3.8, 4) is 5.75 Å². The Bertz CT molecular complexity index is 959. The van der Waals surface area contributed by atoms with Crippen LogP contribution in [0.1, 0.15) is 62.5 Å². The number of likely N-dealkylation sites (tertiary alicyclic amines) is 1. The molecule has 0 radical (unpaired) electrons. The number of nitrogens with zero attached hydrogens (tertiary/aromatic N) is 1.